The zero-order valence-electron chi connectivity index (χ0n) is 14.4. The van der Waals surface area contributed by atoms with Crippen LogP contribution in [0.1, 0.15) is 31.4 Å². The third-order valence-corrected chi connectivity index (χ3v) is 4.41. The van der Waals surface area contributed by atoms with E-state index in [0.29, 0.717) is 18.6 Å². The molecule has 0 spiro atoms. The van der Waals surface area contributed by atoms with Crippen LogP contribution in [0.2, 0.25) is 0 Å². The van der Waals surface area contributed by atoms with Crippen molar-refractivity contribution in [1.29, 1.82) is 0 Å². The average Bonchev–Trinajstić information content (AvgIpc) is 2.54. The molecule has 1 heterocycles. The van der Waals surface area contributed by atoms with E-state index in [1.807, 2.05) is 32.3 Å². The van der Waals surface area contributed by atoms with Crippen molar-refractivity contribution >= 4 is 6.03 Å². The Hall–Kier alpha value is -1.59. The summed E-state index contributed by atoms with van der Waals surface area (Å²) in [4.78, 5) is 14.2. The van der Waals surface area contributed by atoms with Crippen molar-refractivity contribution in [2.45, 2.75) is 31.9 Å². The first kappa shape index (κ1) is 17.8. The van der Waals surface area contributed by atoms with Gasteiger partial charge >= 0.3 is 6.03 Å². The molecule has 1 aromatic rings. The highest BCUT2D eigenvalue weighted by Crippen LogP contribution is 2.19. The molecule has 128 valence electrons. The van der Waals surface area contributed by atoms with E-state index in [1.54, 1.807) is 0 Å². The molecule has 1 aliphatic rings. The molecule has 3 atom stereocenters. The Morgan fingerprint density at radius 1 is 1.30 bits per heavy atom. The van der Waals surface area contributed by atoms with Crippen LogP contribution in [0, 0.1) is 5.92 Å². The van der Waals surface area contributed by atoms with E-state index < -0.39 is 0 Å². The lowest BCUT2D eigenvalue weighted by molar-refractivity contribution is 0.00346. The number of rotatable bonds is 6. The first-order chi connectivity index (χ1) is 11.1. The Morgan fingerprint density at radius 3 is 2.70 bits per heavy atom. The molecule has 3 unspecified atom stereocenters. The lowest BCUT2D eigenvalue weighted by atomic mass is 9.96. The molecule has 2 N–H and O–H groups in total. The molecule has 0 bridgehead atoms. The number of ether oxygens (including phenoxy) is 1. The average molecular weight is 319 g/mol. The quantitative estimate of drug-likeness (QED) is 0.846. The number of hydrogen-bond acceptors (Lipinski definition) is 3. The van der Waals surface area contributed by atoms with Gasteiger partial charge in [0.05, 0.1) is 12.1 Å². The van der Waals surface area contributed by atoms with Crippen molar-refractivity contribution in [2.75, 3.05) is 33.8 Å². The number of carbonyl (C=O) groups excluding carboxylic acids is 1. The number of benzene rings is 1. The lowest BCUT2D eigenvalue weighted by Gasteiger charge is -2.28. The molecule has 23 heavy (non-hydrogen) atoms. The van der Waals surface area contributed by atoms with E-state index in [0.717, 1.165) is 26.0 Å². The summed E-state index contributed by atoms with van der Waals surface area (Å²) in [7, 11) is 4.06. The van der Waals surface area contributed by atoms with Gasteiger partial charge in [-0.25, -0.2) is 4.79 Å². The highest BCUT2D eigenvalue weighted by molar-refractivity contribution is 5.73. The first-order valence-corrected chi connectivity index (χ1v) is 8.41. The summed E-state index contributed by atoms with van der Waals surface area (Å²) < 4.78 is 5.54. The fourth-order valence-electron chi connectivity index (χ4n) is 3.04. The fourth-order valence-corrected chi connectivity index (χ4v) is 3.04. The van der Waals surface area contributed by atoms with E-state index in [9.17, 15) is 4.79 Å². The zero-order valence-corrected chi connectivity index (χ0v) is 14.4. The van der Waals surface area contributed by atoms with Crippen LogP contribution in [0.15, 0.2) is 30.3 Å². The maximum absolute atomic E-state index is 12.1. The van der Waals surface area contributed by atoms with E-state index in [-0.39, 0.29) is 12.1 Å². The van der Waals surface area contributed by atoms with Crippen molar-refractivity contribution in [1.82, 2.24) is 15.5 Å². The van der Waals surface area contributed by atoms with Crippen LogP contribution < -0.4 is 10.6 Å². The minimum atomic E-state index is -0.0908. The SMILES string of the molecule is CC1CC(CNC(=O)NCC(c2ccccc2)N(C)C)CCO1. The van der Waals surface area contributed by atoms with Crippen LogP contribution in [-0.4, -0.2) is 50.8 Å². The van der Waals surface area contributed by atoms with Gasteiger partial charge in [-0.15, -0.1) is 0 Å². The monoisotopic (exact) mass is 319 g/mol. The van der Waals surface area contributed by atoms with Crippen LogP contribution in [-0.2, 0) is 4.74 Å². The maximum atomic E-state index is 12.1. The van der Waals surface area contributed by atoms with Gasteiger partial charge in [0, 0.05) is 19.7 Å². The molecule has 5 nitrogen and oxygen atoms in total. The topological polar surface area (TPSA) is 53.6 Å². The highest BCUT2D eigenvalue weighted by atomic mass is 16.5. The van der Waals surface area contributed by atoms with Gasteiger partial charge in [0.15, 0.2) is 0 Å². The molecule has 1 aliphatic heterocycles. The molecule has 0 saturated carbocycles. The summed E-state index contributed by atoms with van der Waals surface area (Å²) in [6.07, 6.45) is 2.34. The summed E-state index contributed by atoms with van der Waals surface area (Å²) in [5.74, 6) is 0.517. The van der Waals surface area contributed by atoms with Gasteiger partial charge in [-0.3, -0.25) is 0 Å². The summed E-state index contributed by atoms with van der Waals surface area (Å²) in [5, 5.41) is 5.98. The van der Waals surface area contributed by atoms with Gasteiger partial charge in [0.1, 0.15) is 0 Å². The lowest BCUT2D eigenvalue weighted by Crippen LogP contribution is -2.43. The van der Waals surface area contributed by atoms with Crippen LogP contribution >= 0.6 is 0 Å². The van der Waals surface area contributed by atoms with E-state index in [4.69, 9.17) is 4.74 Å². The minimum absolute atomic E-state index is 0.0908. The van der Waals surface area contributed by atoms with Crippen LogP contribution in [0.4, 0.5) is 4.79 Å². The van der Waals surface area contributed by atoms with Crippen molar-refractivity contribution in [3.63, 3.8) is 0 Å². The molecule has 1 fully saturated rings. The molecular formula is C18H29N3O2. The Morgan fingerprint density at radius 2 is 2.04 bits per heavy atom. The van der Waals surface area contributed by atoms with Crippen LogP contribution in [0.25, 0.3) is 0 Å². The number of carbonyl (C=O) groups is 1. The third kappa shape index (κ3) is 5.84. The van der Waals surface area contributed by atoms with E-state index in [2.05, 4.69) is 34.6 Å². The Balaban J connectivity index is 1.76. The molecule has 5 heteroatoms. The highest BCUT2D eigenvalue weighted by Gasteiger charge is 2.20. The summed E-state index contributed by atoms with van der Waals surface area (Å²) >= 11 is 0. The summed E-state index contributed by atoms with van der Waals surface area (Å²) in [6.45, 7) is 4.20. The van der Waals surface area contributed by atoms with Crippen molar-refractivity contribution < 1.29 is 9.53 Å². The number of nitrogens with one attached hydrogen (secondary N) is 2. The Bertz CT molecular complexity index is 478. The predicted octanol–water partition coefficient (Wildman–Crippen LogP) is 2.40. The Kier molecular flexibility index (Phi) is 6.86. The maximum Gasteiger partial charge on any atom is 0.314 e. The van der Waals surface area contributed by atoms with E-state index in [1.165, 1.54) is 5.56 Å². The number of amides is 2. The molecule has 2 amide bonds. The number of likely N-dealkylation sites (N-methyl/N-ethyl adjacent to an activating group) is 1. The summed E-state index contributed by atoms with van der Waals surface area (Å²) in [6, 6.07) is 10.3. The first-order valence-electron chi connectivity index (χ1n) is 8.41. The molecule has 1 saturated heterocycles. The molecule has 0 aliphatic carbocycles. The second kappa shape index (κ2) is 8.89. The number of nitrogens with zero attached hydrogens (tertiary/aromatic N) is 1. The normalized spacial score (nSPS) is 22.6. The molecular weight excluding hydrogens is 290 g/mol. The zero-order chi connectivity index (χ0) is 16.7. The van der Waals surface area contributed by atoms with Gasteiger partial charge in [0.25, 0.3) is 0 Å². The standard InChI is InChI=1S/C18H29N3O2/c1-14-11-15(9-10-23-14)12-19-18(22)20-13-17(21(2)3)16-7-5-4-6-8-16/h4-8,14-15,17H,9-13H2,1-3H3,(H2,19,20,22). The molecule has 0 radical (unpaired) electrons. The number of hydrogen-bond donors (Lipinski definition) is 2. The van der Waals surface area contributed by atoms with Gasteiger partial charge in [-0.05, 0) is 45.3 Å². The smallest absolute Gasteiger partial charge is 0.314 e. The van der Waals surface area contributed by atoms with Crippen molar-refractivity contribution in [2.24, 2.45) is 5.92 Å². The van der Waals surface area contributed by atoms with Gasteiger partial charge in [-0.1, -0.05) is 30.3 Å². The number of urea groups is 1. The van der Waals surface area contributed by atoms with Gasteiger partial charge in [0.2, 0.25) is 0 Å². The van der Waals surface area contributed by atoms with Crippen LogP contribution in [0.5, 0.6) is 0 Å². The van der Waals surface area contributed by atoms with Gasteiger partial charge < -0.3 is 20.3 Å². The molecule has 2 rings (SSSR count). The summed E-state index contributed by atoms with van der Waals surface area (Å²) in [5.41, 5.74) is 1.20. The molecule has 0 aromatic heterocycles. The second-order valence-electron chi connectivity index (χ2n) is 6.55. The van der Waals surface area contributed by atoms with Gasteiger partial charge in [-0.2, -0.15) is 0 Å². The van der Waals surface area contributed by atoms with Crippen molar-refractivity contribution in [3.8, 4) is 0 Å². The van der Waals surface area contributed by atoms with Crippen LogP contribution in [0.3, 0.4) is 0 Å². The fraction of sp³-hybridized carbons (Fsp3) is 0.611. The third-order valence-electron chi connectivity index (χ3n) is 4.41. The largest absolute Gasteiger partial charge is 0.378 e. The second-order valence-corrected chi connectivity index (χ2v) is 6.55. The van der Waals surface area contributed by atoms with E-state index >= 15 is 0 Å². The Labute approximate surface area is 139 Å². The predicted molar refractivity (Wildman–Crippen MR) is 92.4 cm³/mol. The minimum Gasteiger partial charge on any atom is -0.378 e. The van der Waals surface area contributed by atoms with Crippen molar-refractivity contribution in [3.05, 3.63) is 35.9 Å². The molecule has 1 aromatic carbocycles.